The molecule has 0 bridgehead atoms. The highest BCUT2D eigenvalue weighted by Crippen LogP contribution is 2.16. The fourth-order valence-corrected chi connectivity index (χ4v) is 0.960. The van der Waals surface area contributed by atoms with E-state index in [-0.39, 0.29) is 10.8 Å². The lowest BCUT2D eigenvalue weighted by atomic mass is 10.3. The standard InChI is InChI=1S/C9H10BrFO/c1-2-9(10)12-8-5-3-7(11)4-6-8/h3-6,9H,2H2,1H3. The third-order valence-electron chi connectivity index (χ3n) is 1.40. The van der Waals surface area contributed by atoms with Crippen LogP contribution in [0.1, 0.15) is 13.3 Å². The quantitative estimate of drug-likeness (QED) is 0.727. The molecule has 0 N–H and O–H groups in total. The van der Waals surface area contributed by atoms with E-state index in [0.29, 0.717) is 5.75 Å². The zero-order valence-corrected chi connectivity index (χ0v) is 8.34. The van der Waals surface area contributed by atoms with Crippen LogP contribution in [0.4, 0.5) is 4.39 Å². The van der Waals surface area contributed by atoms with E-state index >= 15 is 0 Å². The average Bonchev–Trinajstić information content (AvgIpc) is 2.09. The third kappa shape index (κ3) is 2.81. The highest BCUT2D eigenvalue weighted by molar-refractivity contribution is 9.09. The van der Waals surface area contributed by atoms with Crippen molar-refractivity contribution in [3.8, 4) is 5.75 Å². The molecule has 1 aromatic rings. The molecule has 0 saturated heterocycles. The van der Waals surface area contributed by atoms with Crippen LogP contribution in [0.5, 0.6) is 5.75 Å². The Labute approximate surface area is 79.7 Å². The van der Waals surface area contributed by atoms with Crippen LogP contribution in [0.15, 0.2) is 24.3 Å². The van der Waals surface area contributed by atoms with Gasteiger partial charge < -0.3 is 4.74 Å². The zero-order valence-electron chi connectivity index (χ0n) is 6.76. The van der Waals surface area contributed by atoms with E-state index < -0.39 is 0 Å². The summed E-state index contributed by atoms with van der Waals surface area (Å²) in [6.45, 7) is 2.00. The van der Waals surface area contributed by atoms with E-state index in [9.17, 15) is 4.39 Å². The molecular weight excluding hydrogens is 223 g/mol. The fraction of sp³-hybridized carbons (Fsp3) is 0.333. The lowest BCUT2D eigenvalue weighted by Gasteiger charge is -2.09. The van der Waals surface area contributed by atoms with Crippen LogP contribution in [0.3, 0.4) is 0 Å². The van der Waals surface area contributed by atoms with Gasteiger partial charge in [-0.25, -0.2) is 4.39 Å². The molecule has 0 spiro atoms. The van der Waals surface area contributed by atoms with E-state index in [1.54, 1.807) is 12.1 Å². The molecule has 0 fully saturated rings. The van der Waals surface area contributed by atoms with Gasteiger partial charge in [-0.05, 0) is 46.6 Å². The van der Waals surface area contributed by atoms with Crippen LogP contribution >= 0.6 is 15.9 Å². The van der Waals surface area contributed by atoms with Crippen LogP contribution in [-0.2, 0) is 0 Å². The Morgan fingerprint density at radius 3 is 2.50 bits per heavy atom. The largest absolute Gasteiger partial charge is 0.479 e. The van der Waals surface area contributed by atoms with Crippen molar-refractivity contribution in [2.45, 2.75) is 18.4 Å². The van der Waals surface area contributed by atoms with E-state index in [0.717, 1.165) is 6.42 Å². The molecular formula is C9H10BrFO. The second-order valence-electron chi connectivity index (χ2n) is 2.39. The topological polar surface area (TPSA) is 9.23 Å². The number of rotatable bonds is 3. The molecule has 1 aromatic carbocycles. The van der Waals surface area contributed by atoms with E-state index in [4.69, 9.17) is 4.74 Å². The summed E-state index contributed by atoms with van der Waals surface area (Å²) in [5, 5.41) is 0.00274. The van der Waals surface area contributed by atoms with Crippen molar-refractivity contribution >= 4 is 15.9 Å². The average molecular weight is 233 g/mol. The van der Waals surface area contributed by atoms with Crippen LogP contribution < -0.4 is 4.74 Å². The normalized spacial score (nSPS) is 12.6. The molecule has 0 saturated carbocycles. The molecule has 0 heterocycles. The Morgan fingerprint density at radius 1 is 1.42 bits per heavy atom. The summed E-state index contributed by atoms with van der Waals surface area (Å²) >= 11 is 3.32. The molecule has 12 heavy (non-hydrogen) atoms. The SMILES string of the molecule is CCC(Br)Oc1ccc(F)cc1. The highest BCUT2D eigenvalue weighted by Gasteiger charge is 2.01. The summed E-state index contributed by atoms with van der Waals surface area (Å²) in [4.78, 5) is 0. The lowest BCUT2D eigenvalue weighted by molar-refractivity contribution is 0.290. The summed E-state index contributed by atoms with van der Waals surface area (Å²) < 4.78 is 17.8. The molecule has 0 aromatic heterocycles. The predicted octanol–water partition coefficient (Wildman–Crippen LogP) is 3.34. The molecule has 3 heteroatoms. The monoisotopic (exact) mass is 232 g/mol. The smallest absolute Gasteiger partial charge is 0.153 e. The van der Waals surface area contributed by atoms with Gasteiger partial charge in [-0.2, -0.15) is 0 Å². The maximum Gasteiger partial charge on any atom is 0.153 e. The number of halogens is 2. The number of hydrogen-bond donors (Lipinski definition) is 0. The molecule has 1 nitrogen and oxygen atoms in total. The van der Waals surface area contributed by atoms with Gasteiger partial charge in [0.25, 0.3) is 0 Å². The van der Waals surface area contributed by atoms with Crippen LogP contribution in [0, 0.1) is 5.82 Å². The minimum Gasteiger partial charge on any atom is -0.479 e. The van der Waals surface area contributed by atoms with Gasteiger partial charge in [0.1, 0.15) is 11.6 Å². The van der Waals surface area contributed by atoms with E-state index in [1.165, 1.54) is 12.1 Å². The Hall–Kier alpha value is -0.570. The first-order chi connectivity index (χ1) is 5.72. The minimum atomic E-state index is -0.245. The number of hydrogen-bond acceptors (Lipinski definition) is 1. The van der Waals surface area contributed by atoms with Gasteiger partial charge in [-0.1, -0.05) is 6.92 Å². The minimum absolute atomic E-state index is 0.00274. The van der Waals surface area contributed by atoms with E-state index in [2.05, 4.69) is 15.9 Å². The van der Waals surface area contributed by atoms with Gasteiger partial charge in [0.05, 0.1) is 0 Å². The van der Waals surface area contributed by atoms with Crippen molar-refractivity contribution in [3.05, 3.63) is 30.1 Å². The first-order valence-electron chi connectivity index (χ1n) is 3.78. The number of ether oxygens (including phenoxy) is 1. The Morgan fingerprint density at radius 2 is 2.00 bits per heavy atom. The molecule has 1 atom stereocenters. The summed E-state index contributed by atoms with van der Waals surface area (Å²) in [5.41, 5.74) is 0. The number of benzene rings is 1. The molecule has 0 aliphatic heterocycles. The van der Waals surface area contributed by atoms with Crippen molar-refractivity contribution < 1.29 is 9.13 Å². The van der Waals surface area contributed by atoms with Gasteiger partial charge in [-0.3, -0.25) is 0 Å². The summed E-state index contributed by atoms with van der Waals surface area (Å²) in [5.74, 6) is 0.435. The maximum atomic E-state index is 12.4. The Balaban J connectivity index is 2.58. The van der Waals surface area contributed by atoms with Gasteiger partial charge in [-0.15, -0.1) is 0 Å². The molecule has 0 amide bonds. The van der Waals surface area contributed by atoms with Crippen molar-refractivity contribution in [2.24, 2.45) is 0 Å². The van der Waals surface area contributed by atoms with Gasteiger partial charge in [0.2, 0.25) is 0 Å². The first-order valence-corrected chi connectivity index (χ1v) is 4.70. The van der Waals surface area contributed by atoms with Crippen molar-refractivity contribution in [3.63, 3.8) is 0 Å². The fourth-order valence-electron chi connectivity index (χ4n) is 0.744. The zero-order chi connectivity index (χ0) is 8.97. The Kier molecular flexibility index (Phi) is 3.53. The molecule has 0 aliphatic rings. The van der Waals surface area contributed by atoms with Crippen LogP contribution in [0.2, 0.25) is 0 Å². The van der Waals surface area contributed by atoms with Crippen molar-refractivity contribution in [1.82, 2.24) is 0 Å². The predicted molar refractivity (Wildman–Crippen MR) is 50.0 cm³/mol. The van der Waals surface area contributed by atoms with E-state index in [1.807, 2.05) is 6.92 Å². The second-order valence-corrected chi connectivity index (χ2v) is 3.41. The Bertz CT molecular complexity index is 235. The van der Waals surface area contributed by atoms with Crippen LogP contribution in [-0.4, -0.2) is 5.01 Å². The van der Waals surface area contributed by atoms with Crippen LogP contribution in [0.25, 0.3) is 0 Å². The number of alkyl halides is 1. The summed E-state index contributed by atoms with van der Waals surface area (Å²) in [7, 11) is 0. The summed E-state index contributed by atoms with van der Waals surface area (Å²) in [6.07, 6.45) is 0.872. The molecule has 0 radical (unpaired) electrons. The third-order valence-corrected chi connectivity index (χ3v) is 2.23. The summed E-state index contributed by atoms with van der Waals surface area (Å²) in [6, 6.07) is 5.98. The van der Waals surface area contributed by atoms with Crippen molar-refractivity contribution in [2.75, 3.05) is 0 Å². The highest BCUT2D eigenvalue weighted by atomic mass is 79.9. The molecule has 1 rings (SSSR count). The first kappa shape index (κ1) is 9.52. The molecule has 66 valence electrons. The maximum absolute atomic E-state index is 12.4. The lowest BCUT2D eigenvalue weighted by Crippen LogP contribution is -2.05. The van der Waals surface area contributed by atoms with Crippen molar-refractivity contribution in [1.29, 1.82) is 0 Å². The molecule has 1 unspecified atom stereocenters. The molecule has 0 aliphatic carbocycles. The second kappa shape index (κ2) is 4.45. The van der Waals surface area contributed by atoms with Gasteiger partial charge >= 0.3 is 0 Å². The van der Waals surface area contributed by atoms with Gasteiger partial charge in [0, 0.05) is 0 Å². The van der Waals surface area contributed by atoms with Gasteiger partial charge in [0.15, 0.2) is 5.01 Å².